The summed E-state index contributed by atoms with van der Waals surface area (Å²) in [6, 6.07) is 6.09. The molecule has 0 bridgehead atoms. The highest BCUT2D eigenvalue weighted by Crippen LogP contribution is 2.40. The molecule has 2 rings (SSSR count). The Balaban J connectivity index is 0.00000338. The van der Waals surface area contributed by atoms with Gasteiger partial charge in [0.25, 0.3) is 0 Å². The molecule has 2 N–H and O–H groups in total. The summed E-state index contributed by atoms with van der Waals surface area (Å²) in [7, 11) is 5.27. The van der Waals surface area contributed by atoms with Gasteiger partial charge in [0.15, 0.2) is 5.96 Å². The molecule has 0 aromatic heterocycles. The molecule has 1 saturated carbocycles. The van der Waals surface area contributed by atoms with E-state index in [0.717, 1.165) is 35.8 Å². The van der Waals surface area contributed by atoms with Crippen LogP contribution in [-0.2, 0) is 11.3 Å². The van der Waals surface area contributed by atoms with E-state index in [9.17, 15) is 0 Å². The minimum atomic E-state index is 0. The molecule has 0 saturated heterocycles. The van der Waals surface area contributed by atoms with Gasteiger partial charge in [-0.3, -0.25) is 4.99 Å². The lowest BCUT2D eigenvalue weighted by Gasteiger charge is -2.30. The molecule has 1 fully saturated rings. The zero-order chi connectivity index (χ0) is 18.1. The van der Waals surface area contributed by atoms with E-state index in [2.05, 4.69) is 43.7 Å². The van der Waals surface area contributed by atoms with Gasteiger partial charge < -0.3 is 20.1 Å². The Kier molecular flexibility index (Phi) is 10.9. The zero-order valence-corrected chi connectivity index (χ0v) is 19.9. The van der Waals surface area contributed by atoms with Crippen LogP contribution in [-0.4, -0.2) is 40.4 Å². The van der Waals surface area contributed by atoms with Gasteiger partial charge in [0, 0.05) is 33.9 Å². The molecule has 26 heavy (non-hydrogen) atoms. The number of nitrogens with zero attached hydrogens (tertiary/aromatic N) is 1. The van der Waals surface area contributed by atoms with Gasteiger partial charge in [-0.05, 0) is 58.3 Å². The van der Waals surface area contributed by atoms with E-state index in [1.165, 1.54) is 31.2 Å². The maximum absolute atomic E-state index is 5.31. The summed E-state index contributed by atoms with van der Waals surface area (Å²) in [4.78, 5) is 4.36. The minimum Gasteiger partial charge on any atom is -0.496 e. The molecule has 5 nitrogen and oxygen atoms in total. The van der Waals surface area contributed by atoms with Crippen LogP contribution < -0.4 is 15.4 Å². The number of ether oxygens (including phenoxy) is 2. The third-order valence-electron chi connectivity index (χ3n) is 5.03. The summed E-state index contributed by atoms with van der Waals surface area (Å²) >= 11 is 3.53. The van der Waals surface area contributed by atoms with Crippen LogP contribution in [0.1, 0.15) is 37.7 Å². The van der Waals surface area contributed by atoms with Crippen LogP contribution in [0.15, 0.2) is 27.7 Å². The molecule has 7 heteroatoms. The lowest BCUT2D eigenvalue weighted by Crippen LogP contribution is -2.43. The van der Waals surface area contributed by atoms with Gasteiger partial charge in [-0.25, -0.2) is 0 Å². The summed E-state index contributed by atoms with van der Waals surface area (Å²) in [5, 5.41) is 6.91. The molecule has 1 aromatic rings. The van der Waals surface area contributed by atoms with Crippen LogP contribution in [0, 0.1) is 5.41 Å². The Morgan fingerprint density at radius 1 is 1.23 bits per heavy atom. The van der Waals surface area contributed by atoms with Gasteiger partial charge in [-0.1, -0.05) is 18.9 Å². The van der Waals surface area contributed by atoms with Gasteiger partial charge in [0.2, 0.25) is 0 Å². The number of aliphatic imine (C=N–C) groups is 1. The van der Waals surface area contributed by atoms with E-state index in [0.29, 0.717) is 12.0 Å². The van der Waals surface area contributed by atoms with Gasteiger partial charge in [-0.15, -0.1) is 24.0 Å². The molecule has 0 aliphatic heterocycles. The number of benzene rings is 1. The second-order valence-electron chi connectivity index (χ2n) is 6.70. The predicted octanol–water partition coefficient (Wildman–Crippen LogP) is 4.34. The van der Waals surface area contributed by atoms with Crippen LogP contribution in [0.4, 0.5) is 0 Å². The number of hydrogen-bond donors (Lipinski definition) is 2. The van der Waals surface area contributed by atoms with E-state index in [-0.39, 0.29) is 24.0 Å². The average Bonchev–Trinajstić information content (AvgIpc) is 3.09. The van der Waals surface area contributed by atoms with Crippen molar-refractivity contribution in [3.8, 4) is 5.75 Å². The third kappa shape index (κ3) is 6.88. The van der Waals surface area contributed by atoms with Gasteiger partial charge in [-0.2, -0.15) is 0 Å². The third-order valence-corrected chi connectivity index (χ3v) is 5.65. The van der Waals surface area contributed by atoms with Crippen molar-refractivity contribution in [2.45, 2.75) is 38.6 Å². The number of halogens is 2. The molecule has 0 heterocycles. The van der Waals surface area contributed by atoms with Gasteiger partial charge >= 0.3 is 0 Å². The fourth-order valence-corrected chi connectivity index (χ4v) is 4.04. The molecule has 148 valence electrons. The standard InChI is InChI=1S/C19H30BrN3O2.HI/c1-21-18(22-13-15-6-7-17(25-3)16(20)12-15)23-14-19(10-11-24-2)8-4-5-9-19;/h6-7,12H,4-5,8-11,13-14H2,1-3H3,(H2,21,22,23);1H. The molecule has 1 aromatic carbocycles. The van der Waals surface area contributed by atoms with Crippen molar-refractivity contribution in [3.63, 3.8) is 0 Å². The molecule has 0 amide bonds. The molecule has 0 unspecified atom stereocenters. The maximum Gasteiger partial charge on any atom is 0.191 e. The van der Waals surface area contributed by atoms with Crippen LogP contribution in [0.3, 0.4) is 0 Å². The van der Waals surface area contributed by atoms with Crippen molar-refractivity contribution in [1.29, 1.82) is 0 Å². The quantitative estimate of drug-likeness (QED) is 0.293. The first-order chi connectivity index (χ1) is 12.1. The molecule has 0 radical (unpaired) electrons. The molecule has 0 spiro atoms. The van der Waals surface area contributed by atoms with Crippen LogP contribution in [0.5, 0.6) is 5.75 Å². The number of hydrogen-bond acceptors (Lipinski definition) is 3. The van der Waals surface area contributed by atoms with E-state index in [4.69, 9.17) is 9.47 Å². The molecule has 1 aliphatic rings. The van der Waals surface area contributed by atoms with Gasteiger partial charge in [0.05, 0.1) is 11.6 Å². The van der Waals surface area contributed by atoms with Crippen molar-refractivity contribution in [1.82, 2.24) is 10.6 Å². The van der Waals surface area contributed by atoms with E-state index >= 15 is 0 Å². The molecule has 1 aliphatic carbocycles. The minimum absolute atomic E-state index is 0. The molecular formula is C19H31BrIN3O2. The number of rotatable bonds is 8. The average molecular weight is 540 g/mol. The zero-order valence-electron chi connectivity index (χ0n) is 15.9. The number of nitrogens with one attached hydrogen (secondary N) is 2. The van der Waals surface area contributed by atoms with Crippen LogP contribution >= 0.6 is 39.9 Å². The van der Waals surface area contributed by atoms with E-state index in [1.54, 1.807) is 14.2 Å². The Bertz CT molecular complexity index is 578. The first kappa shape index (κ1) is 23.5. The summed E-state index contributed by atoms with van der Waals surface area (Å²) < 4.78 is 11.5. The maximum atomic E-state index is 5.31. The first-order valence-corrected chi connectivity index (χ1v) is 9.68. The Morgan fingerprint density at radius 2 is 1.96 bits per heavy atom. The predicted molar refractivity (Wildman–Crippen MR) is 122 cm³/mol. The SMILES string of the molecule is CN=C(NCc1ccc(OC)c(Br)c1)NCC1(CCOC)CCCC1.I. The smallest absolute Gasteiger partial charge is 0.191 e. The van der Waals surface area contributed by atoms with Crippen LogP contribution in [0.2, 0.25) is 0 Å². The fourth-order valence-electron chi connectivity index (χ4n) is 3.46. The number of methoxy groups -OCH3 is 2. The topological polar surface area (TPSA) is 54.9 Å². The second kappa shape index (κ2) is 12.0. The Labute approximate surface area is 182 Å². The van der Waals surface area contributed by atoms with Crippen LogP contribution in [0.25, 0.3) is 0 Å². The monoisotopic (exact) mass is 539 g/mol. The molecular weight excluding hydrogens is 509 g/mol. The molecule has 0 atom stereocenters. The highest BCUT2D eigenvalue weighted by Gasteiger charge is 2.33. The largest absolute Gasteiger partial charge is 0.496 e. The lowest BCUT2D eigenvalue weighted by atomic mass is 9.83. The fraction of sp³-hybridized carbons (Fsp3) is 0.632. The lowest BCUT2D eigenvalue weighted by molar-refractivity contribution is 0.138. The van der Waals surface area contributed by atoms with Crippen molar-refractivity contribution >= 4 is 45.9 Å². The van der Waals surface area contributed by atoms with Gasteiger partial charge in [0.1, 0.15) is 5.75 Å². The summed E-state index contributed by atoms with van der Waals surface area (Å²) in [6.45, 7) is 2.49. The Morgan fingerprint density at radius 3 is 2.54 bits per heavy atom. The second-order valence-corrected chi connectivity index (χ2v) is 7.55. The summed E-state index contributed by atoms with van der Waals surface area (Å²) in [5.41, 5.74) is 1.52. The highest BCUT2D eigenvalue weighted by atomic mass is 127. The van der Waals surface area contributed by atoms with E-state index < -0.39 is 0 Å². The van der Waals surface area contributed by atoms with Crippen molar-refractivity contribution in [2.24, 2.45) is 10.4 Å². The Hall–Kier alpha value is -0.540. The summed E-state index contributed by atoms with van der Waals surface area (Å²) in [5.74, 6) is 1.68. The van der Waals surface area contributed by atoms with Crippen molar-refractivity contribution in [2.75, 3.05) is 34.4 Å². The first-order valence-electron chi connectivity index (χ1n) is 8.88. The summed E-state index contributed by atoms with van der Waals surface area (Å²) in [6.07, 6.45) is 6.28. The highest BCUT2D eigenvalue weighted by molar-refractivity contribution is 14.0. The van der Waals surface area contributed by atoms with E-state index in [1.807, 2.05) is 13.1 Å². The van der Waals surface area contributed by atoms with Crippen molar-refractivity contribution < 1.29 is 9.47 Å². The number of guanidine groups is 1. The normalized spacial score (nSPS) is 16.1. The van der Waals surface area contributed by atoms with Crippen molar-refractivity contribution in [3.05, 3.63) is 28.2 Å².